The highest BCUT2D eigenvalue weighted by Gasteiger charge is 2.39. The highest BCUT2D eigenvalue weighted by Crippen LogP contribution is 2.15. The molecule has 0 aliphatic carbocycles. The Bertz CT molecular complexity index is 772. The summed E-state index contributed by atoms with van der Waals surface area (Å²) >= 11 is 0. The standard InChI is InChI=1S/C16H20N2O6S/c1-3-24-12-6-4-11(5-7-12)14(19)10-18-15(20)13(17-16(18)21)8-9-25(2,22)23/h4-7,13H,3,8-10H2,1-2H3,(H,17,21)/t13-/m0/s1. The Labute approximate surface area is 146 Å². The minimum absolute atomic E-state index is 0.0167. The van der Waals surface area contributed by atoms with Gasteiger partial charge >= 0.3 is 6.03 Å². The number of ether oxygens (including phenoxy) is 1. The Morgan fingerprint density at radius 1 is 1.24 bits per heavy atom. The summed E-state index contributed by atoms with van der Waals surface area (Å²) in [5.41, 5.74) is 0.351. The maximum atomic E-state index is 12.3. The maximum Gasteiger partial charge on any atom is 0.325 e. The Morgan fingerprint density at radius 3 is 2.44 bits per heavy atom. The number of nitrogens with one attached hydrogen (secondary N) is 1. The first kappa shape index (κ1) is 18.9. The zero-order chi connectivity index (χ0) is 18.6. The predicted octanol–water partition coefficient (Wildman–Crippen LogP) is 0.623. The van der Waals surface area contributed by atoms with Crippen LogP contribution in [0.1, 0.15) is 23.7 Å². The van der Waals surface area contributed by atoms with E-state index in [1.54, 1.807) is 24.3 Å². The highest BCUT2D eigenvalue weighted by atomic mass is 32.2. The van der Waals surface area contributed by atoms with Crippen LogP contribution in [0.5, 0.6) is 5.75 Å². The number of nitrogens with zero attached hydrogens (tertiary/aromatic N) is 1. The lowest BCUT2D eigenvalue weighted by molar-refractivity contribution is -0.127. The third-order valence-corrected chi connectivity index (χ3v) is 4.65. The van der Waals surface area contributed by atoms with E-state index in [0.29, 0.717) is 17.9 Å². The Balaban J connectivity index is 2.00. The molecule has 1 heterocycles. The number of urea groups is 1. The molecule has 0 spiro atoms. The number of carbonyl (C=O) groups is 3. The molecule has 25 heavy (non-hydrogen) atoms. The van der Waals surface area contributed by atoms with Gasteiger partial charge < -0.3 is 10.1 Å². The molecule has 8 nitrogen and oxygen atoms in total. The van der Waals surface area contributed by atoms with Crippen molar-refractivity contribution >= 4 is 27.6 Å². The van der Waals surface area contributed by atoms with Crippen LogP contribution in [0.4, 0.5) is 4.79 Å². The molecule has 1 aliphatic rings. The Hall–Kier alpha value is -2.42. The fourth-order valence-electron chi connectivity index (χ4n) is 2.39. The van der Waals surface area contributed by atoms with Gasteiger partial charge in [0.25, 0.3) is 5.91 Å². The molecule has 1 aliphatic heterocycles. The van der Waals surface area contributed by atoms with Crippen molar-refractivity contribution in [1.82, 2.24) is 10.2 Å². The van der Waals surface area contributed by atoms with Gasteiger partial charge in [0.1, 0.15) is 21.6 Å². The summed E-state index contributed by atoms with van der Waals surface area (Å²) in [6.07, 6.45) is 1.04. The molecule has 0 unspecified atom stereocenters. The number of sulfone groups is 1. The summed E-state index contributed by atoms with van der Waals surface area (Å²) in [4.78, 5) is 37.2. The van der Waals surface area contributed by atoms with Crippen LogP contribution in [-0.4, -0.2) is 62.2 Å². The molecule has 1 fully saturated rings. The van der Waals surface area contributed by atoms with E-state index in [9.17, 15) is 22.8 Å². The van der Waals surface area contributed by atoms with E-state index in [4.69, 9.17) is 4.74 Å². The minimum Gasteiger partial charge on any atom is -0.494 e. The van der Waals surface area contributed by atoms with Gasteiger partial charge in [0, 0.05) is 11.8 Å². The van der Waals surface area contributed by atoms with Crippen LogP contribution in [0, 0.1) is 0 Å². The van der Waals surface area contributed by atoms with Crippen LogP contribution in [0.3, 0.4) is 0 Å². The summed E-state index contributed by atoms with van der Waals surface area (Å²) in [5, 5.41) is 2.41. The van der Waals surface area contributed by atoms with E-state index in [1.807, 2.05) is 6.92 Å². The van der Waals surface area contributed by atoms with Gasteiger partial charge in [-0.3, -0.25) is 14.5 Å². The van der Waals surface area contributed by atoms with Crippen LogP contribution >= 0.6 is 0 Å². The number of amides is 3. The lowest BCUT2D eigenvalue weighted by Gasteiger charge is -2.12. The number of rotatable bonds is 8. The zero-order valence-corrected chi connectivity index (χ0v) is 14.8. The van der Waals surface area contributed by atoms with Crippen molar-refractivity contribution in [1.29, 1.82) is 0 Å². The van der Waals surface area contributed by atoms with E-state index in [1.165, 1.54) is 0 Å². The summed E-state index contributed by atoms with van der Waals surface area (Å²) in [7, 11) is -3.25. The number of Topliss-reactive ketones (excluding diaryl/α,β-unsaturated/α-hetero) is 1. The number of ketones is 1. The van der Waals surface area contributed by atoms with E-state index in [-0.39, 0.29) is 12.2 Å². The van der Waals surface area contributed by atoms with Crippen molar-refractivity contribution in [2.24, 2.45) is 0 Å². The molecule has 9 heteroatoms. The molecule has 3 amide bonds. The van der Waals surface area contributed by atoms with Gasteiger partial charge in [-0.2, -0.15) is 0 Å². The Morgan fingerprint density at radius 2 is 1.88 bits per heavy atom. The molecule has 1 aromatic carbocycles. The number of imide groups is 1. The fraction of sp³-hybridized carbons (Fsp3) is 0.438. The van der Waals surface area contributed by atoms with Gasteiger partial charge in [0.15, 0.2) is 5.78 Å². The van der Waals surface area contributed by atoms with Crippen molar-refractivity contribution < 1.29 is 27.5 Å². The molecule has 2 rings (SSSR count). The molecule has 0 radical (unpaired) electrons. The largest absolute Gasteiger partial charge is 0.494 e. The third kappa shape index (κ3) is 5.02. The SMILES string of the molecule is CCOc1ccc(C(=O)CN2C(=O)N[C@@H](CCS(C)(=O)=O)C2=O)cc1. The van der Waals surface area contributed by atoms with Gasteiger partial charge in [0.05, 0.1) is 18.9 Å². The molecule has 1 aromatic rings. The van der Waals surface area contributed by atoms with E-state index in [2.05, 4.69) is 5.32 Å². The van der Waals surface area contributed by atoms with Gasteiger partial charge in [-0.05, 0) is 37.6 Å². The summed E-state index contributed by atoms with van der Waals surface area (Å²) < 4.78 is 27.7. The summed E-state index contributed by atoms with van der Waals surface area (Å²) in [5.74, 6) is -0.581. The number of hydrogen-bond acceptors (Lipinski definition) is 6. The number of carbonyl (C=O) groups excluding carboxylic acids is 3. The van der Waals surface area contributed by atoms with Crippen LogP contribution in [0.15, 0.2) is 24.3 Å². The molecule has 1 atom stereocenters. The average molecular weight is 368 g/mol. The third-order valence-electron chi connectivity index (χ3n) is 3.67. The molecule has 0 saturated carbocycles. The second-order valence-electron chi connectivity index (χ2n) is 5.73. The highest BCUT2D eigenvalue weighted by molar-refractivity contribution is 7.90. The average Bonchev–Trinajstić information content (AvgIpc) is 2.81. The van der Waals surface area contributed by atoms with E-state index < -0.39 is 40.1 Å². The van der Waals surface area contributed by atoms with Gasteiger partial charge in [-0.1, -0.05) is 0 Å². The minimum atomic E-state index is -3.25. The Kier molecular flexibility index (Phi) is 5.78. The molecule has 136 valence electrons. The van der Waals surface area contributed by atoms with Gasteiger partial charge in [0.2, 0.25) is 0 Å². The molecule has 1 N–H and O–H groups in total. The topological polar surface area (TPSA) is 110 Å². The summed E-state index contributed by atoms with van der Waals surface area (Å²) in [6, 6.07) is 4.78. The van der Waals surface area contributed by atoms with Crippen LogP contribution < -0.4 is 10.1 Å². The quantitative estimate of drug-likeness (QED) is 0.532. The van der Waals surface area contributed by atoms with Crippen molar-refractivity contribution in [2.45, 2.75) is 19.4 Å². The first-order valence-electron chi connectivity index (χ1n) is 7.77. The summed E-state index contributed by atoms with van der Waals surface area (Å²) in [6.45, 7) is 1.95. The van der Waals surface area contributed by atoms with Crippen molar-refractivity contribution in [3.63, 3.8) is 0 Å². The lowest BCUT2D eigenvalue weighted by atomic mass is 10.1. The van der Waals surface area contributed by atoms with Gasteiger partial charge in [-0.15, -0.1) is 0 Å². The zero-order valence-electron chi connectivity index (χ0n) is 14.0. The normalized spacial score (nSPS) is 17.5. The van der Waals surface area contributed by atoms with Crippen LogP contribution in [0.25, 0.3) is 0 Å². The van der Waals surface area contributed by atoms with E-state index >= 15 is 0 Å². The molecule has 0 aromatic heterocycles. The monoisotopic (exact) mass is 368 g/mol. The van der Waals surface area contributed by atoms with Crippen LogP contribution in [-0.2, 0) is 14.6 Å². The van der Waals surface area contributed by atoms with Gasteiger partial charge in [-0.25, -0.2) is 13.2 Å². The predicted molar refractivity (Wildman–Crippen MR) is 90.3 cm³/mol. The van der Waals surface area contributed by atoms with Crippen molar-refractivity contribution in [3.05, 3.63) is 29.8 Å². The molecular formula is C16H20N2O6S. The maximum absolute atomic E-state index is 12.3. The molecule has 1 saturated heterocycles. The smallest absolute Gasteiger partial charge is 0.325 e. The molecule has 0 bridgehead atoms. The number of hydrogen-bond donors (Lipinski definition) is 1. The second kappa shape index (κ2) is 7.64. The lowest BCUT2D eigenvalue weighted by Crippen LogP contribution is -2.36. The fourth-order valence-corrected chi connectivity index (χ4v) is 3.06. The second-order valence-corrected chi connectivity index (χ2v) is 7.99. The van der Waals surface area contributed by atoms with E-state index in [0.717, 1.165) is 11.2 Å². The van der Waals surface area contributed by atoms with Crippen molar-refractivity contribution in [2.75, 3.05) is 25.2 Å². The molecular weight excluding hydrogens is 348 g/mol. The first-order chi connectivity index (χ1) is 11.7. The number of benzene rings is 1. The first-order valence-corrected chi connectivity index (χ1v) is 9.83. The van der Waals surface area contributed by atoms with Crippen LogP contribution in [0.2, 0.25) is 0 Å². The van der Waals surface area contributed by atoms with Crippen molar-refractivity contribution in [3.8, 4) is 5.75 Å².